The van der Waals surface area contributed by atoms with Crippen molar-refractivity contribution in [3.63, 3.8) is 0 Å². The largest absolute Gasteiger partial charge is 0.497 e. The summed E-state index contributed by atoms with van der Waals surface area (Å²) in [5.41, 5.74) is 5.42. The number of pyridine rings is 1. The fourth-order valence-corrected chi connectivity index (χ4v) is 2.17. The van der Waals surface area contributed by atoms with Gasteiger partial charge >= 0.3 is 6.18 Å². The molecule has 0 aliphatic carbocycles. The average Bonchev–Trinajstić information content (AvgIpc) is 2.70. The number of methoxy groups -OCH3 is 2. The normalized spacial score (nSPS) is 10.7. The molecule has 0 bridgehead atoms. The van der Waals surface area contributed by atoms with Crippen LogP contribution in [0.25, 0.3) is 0 Å². The summed E-state index contributed by atoms with van der Waals surface area (Å²) >= 11 is 5.11. The number of hydrazine groups is 1. The second-order valence-corrected chi connectivity index (χ2v) is 5.80. The van der Waals surface area contributed by atoms with E-state index >= 15 is 0 Å². The summed E-state index contributed by atoms with van der Waals surface area (Å²) in [6.45, 7) is -1.47. The number of rotatable bonds is 6. The van der Waals surface area contributed by atoms with Crippen LogP contribution in [0, 0.1) is 0 Å². The summed E-state index contributed by atoms with van der Waals surface area (Å²) in [7, 11) is 3.00. The second kappa shape index (κ2) is 9.78. The number of amides is 1. The SMILES string of the molecule is COc1ccc(OC)c(NC(=S)NNC(=O)c2ccc(OCC(F)(F)F)nc2)c1. The van der Waals surface area contributed by atoms with Crippen LogP contribution >= 0.6 is 12.2 Å². The third kappa shape index (κ3) is 6.99. The minimum absolute atomic E-state index is 0.0583. The molecule has 1 aromatic heterocycles. The van der Waals surface area contributed by atoms with Gasteiger partial charge in [-0.2, -0.15) is 13.2 Å². The number of aromatic nitrogens is 1. The Bertz CT molecular complexity index is 863. The highest BCUT2D eigenvalue weighted by Crippen LogP contribution is 2.28. The van der Waals surface area contributed by atoms with Crippen LogP contribution in [-0.4, -0.2) is 43.0 Å². The zero-order valence-corrected chi connectivity index (χ0v) is 16.1. The van der Waals surface area contributed by atoms with Gasteiger partial charge in [0.25, 0.3) is 5.91 Å². The molecule has 2 rings (SSSR count). The number of anilines is 1. The van der Waals surface area contributed by atoms with Gasteiger partial charge in [-0.25, -0.2) is 4.98 Å². The number of nitrogens with zero attached hydrogens (tertiary/aromatic N) is 1. The van der Waals surface area contributed by atoms with E-state index in [0.717, 1.165) is 12.3 Å². The van der Waals surface area contributed by atoms with E-state index in [9.17, 15) is 18.0 Å². The standard InChI is InChI=1S/C17H17F3N4O4S/c1-26-11-4-5-13(27-2)12(7-11)22-16(29)24-23-15(25)10-3-6-14(21-8-10)28-9-17(18,19)20/h3-8H,9H2,1-2H3,(H,23,25)(H2,22,24,29). The zero-order valence-electron chi connectivity index (χ0n) is 15.3. The Morgan fingerprint density at radius 3 is 2.48 bits per heavy atom. The van der Waals surface area contributed by atoms with Gasteiger partial charge in [0.05, 0.1) is 25.5 Å². The predicted molar refractivity (Wildman–Crippen MR) is 102 cm³/mol. The third-order valence-electron chi connectivity index (χ3n) is 3.33. The van der Waals surface area contributed by atoms with E-state index in [1.165, 1.54) is 20.3 Å². The van der Waals surface area contributed by atoms with Crippen molar-refractivity contribution < 1.29 is 32.2 Å². The number of alkyl halides is 3. The number of benzene rings is 1. The fraction of sp³-hybridized carbons (Fsp3) is 0.235. The lowest BCUT2D eigenvalue weighted by atomic mass is 10.2. The van der Waals surface area contributed by atoms with Crippen molar-refractivity contribution in [2.24, 2.45) is 0 Å². The summed E-state index contributed by atoms with van der Waals surface area (Å²) in [5.74, 6) is 0.203. The first-order valence-corrected chi connectivity index (χ1v) is 8.37. The fourth-order valence-electron chi connectivity index (χ4n) is 2.01. The topological polar surface area (TPSA) is 93.7 Å². The molecule has 0 saturated carbocycles. The van der Waals surface area contributed by atoms with Crippen LogP contribution in [0.2, 0.25) is 0 Å². The van der Waals surface area contributed by atoms with Crippen LogP contribution in [0.1, 0.15) is 10.4 Å². The molecule has 1 amide bonds. The van der Waals surface area contributed by atoms with Crippen molar-refractivity contribution in [3.8, 4) is 17.4 Å². The first-order chi connectivity index (χ1) is 13.7. The molecule has 0 aliphatic heterocycles. The predicted octanol–water partition coefficient (Wildman–Crippen LogP) is 2.67. The molecule has 0 fully saturated rings. The number of nitrogens with one attached hydrogen (secondary N) is 3. The molecule has 0 aliphatic rings. The molecule has 29 heavy (non-hydrogen) atoms. The maximum atomic E-state index is 12.1. The molecule has 12 heteroatoms. The molecule has 0 saturated heterocycles. The van der Waals surface area contributed by atoms with E-state index in [4.69, 9.17) is 21.7 Å². The number of hydrogen-bond acceptors (Lipinski definition) is 6. The van der Waals surface area contributed by atoms with Crippen LogP contribution in [0.15, 0.2) is 36.5 Å². The van der Waals surface area contributed by atoms with E-state index in [1.54, 1.807) is 18.2 Å². The van der Waals surface area contributed by atoms with Gasteiger partial charge in [0.1, 0.15) is 11.5 Å². The van der Waals surface area contributed by atoms with Gasteiger partial charge in [-0.05, 0) is 30.4 Å². The monoisotopic (exact) mass is 430 g/mol. The molecule has 1 heterocycles. The molecule has 156 valence electrons. The molecule has 0 spiro atoms. The Kier molecular flexibility index (Phi) is 7.42. The summed E-state index contributed by atoms with van der Waals surface area (Å²) in [6, 6.07) is 7.45. The van der Waals surface area contributed by atoms with Gasteiger partial charge in [-0.3, -0.25) is 15.6 Å². The minimum Gasteiger partial charge on any atom is -0.497 e. The van der Waals surface area contributed by atoms with Gasteiger partial charge in [-0.15, -0.1) is 0 Å². The number of carbonyl (C=O) groups excluding carboxylic acids is 1. The van der Waals surface area contributed by atoms with Crippen LogP contribution in [0.5, 0.6) is 17.4 Å². The molecule has 2 aromatic rings. The lowest BCUT2D eigenvalue weighted by molar-refractivity contribution is -0.154. The highest BCUT2D eigenvalue weighted by atomic mass is 32.1. The van der Waals surface area contributed by atoms with Gasteiger partial charge in [0.2, 0.25) is 5.88 Å². The smallest absolute Gasteiger partial charge is 0.422 e. The van der Waals surface area contributed by atoms with E-state index in [1.807, 2.05) is 0 Å². The van der Waals surface area contributed by atoms with Crippen molar-refractivity contribution in [1.29, 1.82) is 0 Å². The highest BCUT2D eigenvalue weighted by molar-refractivity contribution is 7.80. The average molecular weight is 430 g/mol. The van der Waals surface area contributed by atoms with Crippen molar-refractivity contribution in [2.45, 2.75) is 6.18 Å². The van der Waals surface area contributed by atoms with E-state index in [0.29, 0.717) is 17.2 Å². The molecule has 1 aromatic carbocycles. The van der Waals surface area contributed by atoms with Crippen molar-refractivity contribution in [2.75, 3.05) is 26.1 Å². The number of carbonyl (C=O) groups is 1. The molecule has 8 nitrogen and oxygen atoms in total. The molecular weight excluding hydrogens is 413 g/mol. The lowest BCUT2D eigenvalue weighted by Crippen LogP contribution is -2.43. The summed E-state index contributed by atoms with van der Waals surface area (Å²) in [4.78, 5) is 15.7. The summed E-state index contributed by atoms with van der Waals surface area (Å²) < 4.78 is 51.2. The minimum atomic E-state index is -4.48. The number of ether oxygens (including phenoxy) is 3. The van der Waals surface area contributed by atoms with Crippen LogP contribution < -0.4 is 30.4 Å². The zero-order chi connectivity index (χ0) is 21.4. The number of hydrogen-bond donors (Lipinski definition) is 3. The maximum absolute atomic E-state index is 12.1. The Hall–Kier alpha value is -3.28. The molecule has 3 N–H and O–H groups in total. The van der Waals surface area contributed by atoms with Gasteiger partial charge in [0, 0.05) is 18.3 Å². The maximum Gasteiger partial charge on any atom is 0.422 e. The summed E-state index contributed by atoms with van der Waals surface area (Å²) in [6.07, 6.45) is -3.40. The van der Waals surface area contributed by atoms with Gasteiger partial charge in [-0.1, -0.05) is 0 Å². The second-order valence-electron chi connectivity index (χ2n) is 5.39. The molecule has 0 atom stereocenters. The Morgan fingerprint density at radius 1 is 1.14 bits per heavy atom. The summed E-state index contributed by atoms with van der Waals surface area (Å²) in [5, 5.41) is 2.90. The van der Waals surface area contributed by atoms with Crippen LogP contribution in [-0.2, 0) is 0 Å². The van der Waals surface area contributed by atoms with Crippen molar-refractivity contribution >= 4 is 28.9 Å². The Morgan fingerprint density at radius 2 is 1.90 bits per heavy atom. The molecule has 0 unspecified atom stereocenters. The first kappa shape index (κ1) is 22.0. The van der Waals surface area contributed by atoms with E-state index in [-0.39, 0.29) is 16.6 Å². The highest BCUT2D eigenvalue weighted by Gasteiger charge is 2.28. The number of halogens is 3. The molecular formula is C17H17F3N4O4S. The molecule has 0 radical (unpaired) electrons. The quantitative estimate of drug-likeness (QED) is 0.476. The van der Waals surface area contributed by atoms with Gasteiger partial charge in [0.15, 0.2) is 11.7 Å². The lowest BCUT2D eigenvalue weighted by Gasteiger charge is -2.15. The third-order valence-corrected chi connectivity index (χ3v) is 3.53. The Balaban J connectivity index is 1.89. The first-order valence-electron chi connectivity index (χ1n) is 7.97. The van der Waals surface area contributed by atoms with E-state index in [2.05, 4.69) is 25.9 Å². The van der Waals surface area contributed by atoms with E-state index < -0.39 is 18.7 Å². The van der Waals surface area contributed by atoms with Crippen molar-refractivity contribution in [1.82, 2.24) is 15.8 Å². The van der Waals surface area contributed by atoms with Gasteiger partial charge < -0.3 is 19.5 Å². The van der Waals surface area contributed by atoms with Crippen LogP contribution in [0.4, 0.5) is 18.9 Å². The van der Waals surface area contributed by atoms with Crippen molar-refractivity contribution in [3.05, 3.63) is 42.1 Å². The van der Waals surface area contributed by atoms with Crippen LogP contribution in [0.3, 0.4) is 0 Å². The Labute approximate surface area is 169 Å². The number of thiocarbonyl (C=S) groups is 1.